The molecule has 184 valence electrons. The Labute approximate surface area is 217 Å². The quantitative estimate of drug-likeness (QED) is 0.185. The molecule has 0 aliphatic heterocycles. The zero-order valence-corrected chi connectivity index (χ0v) is 23.1. The molecule has 2 heteroatoms. The second kappa shape index (κ2) is 11.5. The minimum atomic E-state index is -2.26. The molecule has 4 aromatic carbocycles. The van der Waals surface area contributed by atoms with Crippen LogP contribution in [-0.2, 0) is 0 Å². The van der Waals surface area contributed by atoms with E-state index in [-0.39, 0.29) is 0 Å². The van der Waals surface area contributed by atoms with Crippen LogP contribution in [0.2, 0.25) is 0 Å². The van der Waals surface area contributed by atoms with E-state index in [1.165, 1.54) is 43.7 Å². The molecule has 0 N–H and O–H groups in total. The maximum atomic E-state index is 5.56. The monoisotopic (exact) mass is 492 g/mol. The Morgan fingerprint density at radius 2 is 1.19 bits per heavy atom. The number of rotatable bonds is 8. The zero-order chi connectivity index (χ0) is 25.5. The van der Waals surface area contributed by atoms with Gasteiger partial charge < -0.3 is 0 Å². The summed E-state index contributed by atoms with van der Waals surface area (Å²) in [4.78, 5) is 0. The van der Waals surface area contributed by atoms with Crippen molar-refractivity contribution in [2.24, 2.45) is 0 Å². The first-order valence-electron chi connectivity index (χ1n) is 12.6. The van der Waals surface area contributed by atoms with Crippen LogP contribution in [0.15, 0.2) is 115 Å². The van der Waals surface area contributed by atoms with Crippen molar-refractivity contribution in [3.8, 4) is 5.75 Å². The van der Waals surface area contributed by atoms with Crippen LogP contribution in [-0.4, -0.2) is 13.3 Å². The van der Waals surface area contributed by atoms with Gasteiger partial charge in [0.1, 0.15) is 0 Å². The van der Waals surface area contributed by atoms with Crippen molar-refractivity contribution in [1.29, 1.82) is 0 Å². The molecule has 4 aromatic rings. The van der Waals surface area contributed by atoms with Crippen molar-refractivity contribution < 1.29 is 4.74 Å². The van der Waals surface area contributed by atoms with Crippen molar-refractivity contribution in [3.05, 3.63) is 137 Å². The van der Waals surface area contributed by atoms with E-state index in [2.05, 4.69) is 143 Å². The second-order valence-electron chi connectivity index (χ2n) is 9.55. The van der Waals surface area contributed by atoms with Gasteiger partial charge in [-0.15, -0.1) is 0 Å². The summed E-state index contributed by atoms with van der Waals surface area (Å²) in [7, 11) is -0.523. The van der Waals surface area contributed by atoms with Gasteiger partial charge in [-0.1, -0.05) is 0 Å². The van der Waals surface area contributed by atoms with E-state index < -0.39 is 7.26 Å². The molecule has 0 fully saturated rings. The van der Waals surface area contributed by atoms with E-state index in [0.717, 1.165) is 11.9 Å². The zero-order valence-electron chi connectivity index (χ0n) is 22.1. The van der Waals surface area contributed by atoms with Crippen LogP contribution < -0.4 is 20.7 Å². The van der Waals surface area contributed by atoms with Crippen LogP contribution in [0.1, 0.15) is 29.2 Å². The normalized spacial score (nSPS) is 12.6. The molecule has 0 spiro atoms. The van der Waals surface area contributed by atoms with Crippen molar-refractivity contribution in [3.63, 3.8) is 0 Å². The van der Waals surface area contributed by atoms with Gasteiger partial charge in [0.2, 0.25) is 0 Å². The third kappa shape index (κ3) is 5.23. The minimum absolute atomic E-state index is 0.957. The fourth-order valence-corrected chi connectivity index (χ4v) is 9.77. The fourth-order valence-electron chi connectivity index (χ4n) is 5.15. The first kappa shape index (κ1) is 25.7. The number of allylic oxidation sites excluding steroid dienone is 3. The summed E-state index contributed by atoms with van der Waals surface area (Å²) in [5.41, 5.74) is 6.27. The van der Waals surface area contributed by atoms with Gasteiger partial charge in [0.05, 0.1) is 0 Å². The van der Waals surface area contributed by atoms with Crippen LogP contribution in [0.5, 0.6) is 5.75 Å². The number of benzene rings is 4. The Hall–Kier alpha value is -3.41. The molecule has 36 heavy (non-hydrogen) atoms. The third-order valence-corrected chi connectivity index (χ3v) is 12.1. The van der Waals surface area contributed by atoms with Crippen molar-refractivity contribution in [1.82, 2.24) is 0 Å². The summed E-state index contributed by atoms with van der Waals surface area (Å²) < 4.78 is 5.56. The van der Waals surface area contributed by atoms with Crippen LogP contribution >= 0.6 is 7.26 Å². The number of methoxy groups -OCH3 is 1. The predicted octanol–water partition coefficient (Wildman–Crippen LogP) is 7.31. The van der Waals surface area contributed by atoms with Crippen molar-refractivity contribution >= 4 is 29.3 Å². The Kier molecular flexibility index (Phi) is 8.24. The molecular weight excluding hydrogens is 455 g/mol. The number of hydrogen-bond donors (Lipinski definition) is 0. The predicted molar refractivity (Wildman–Crippen MR) is 161 cm³/mol. The molecule has 0 saturated heterocycles. The molecule has 0 atom stereocenters. The molecule has 0 radical (unpaired) electrons. The van der Waals surface area contributed by atoms with Gasteiger partial charge >= 0.3 is 218 Å². The molecule has 0 heterocycles. The second-order valence-corrected chi connectivity index (χ2v) is 13.5. The average Bonchev–Trinajstić information content (AvgIpc) is 2.93. The van der Waals surface area contributed by atoms with Gasteiger partial charge in [0, 0.05) is 0 Å². The van der Waals surface area contributed by atoms with Gasteiger partial charge in [-0.3, -0.25) is 0 Å². The number of ether oxygens (including phenoxy) is 1. The van der Waals surface area contributed by atoms with Gasteiger partial charge in [-0.2, -0.15) is 0 Å². The van der Waals surface area contributed by atoms with Crippen LogP contribution in [0.3, 0.4) is 0 Å². The topological polar surface area (TPSA) is 9.23 Å². The molecule has 0 aromatic heterocycles. The van der Waals surface area contributed by atoms with E-state index in [0.29, 0.717) is 0 Å². The Morgan fingerprint density at radius 1 is 0.722 bits per heavy atom. The SMILES string of the molecule is COc1cc(C)c(/C=C/C(C)=C/C[PH](c2ccccc2)(c2ccccc2)c2ccccc2)c(C)c1C. The van der Waals surface area contributed by atoms with Crippen molar-refractivity contribution in [2.75, 3.05) is 13.3 Å². The molecule has 0 unspecified atom stereocenters. The molecule has 1 nitrogen and oxygen atoms in total. The summed E-state index contributed by atoms with van der Waals surface area (Å²) in [5, 5.41) is 4.31. The molecule has 0 saturated carbocycles. The standard InChI is InChI=1S/C34H37OP/c1-26(21-22-33-27(2)25-34(35-5)29(4)28(33)3)23-24-36(30-15-9-6-10-16-30,31-17-11-7-12-18-31)32-19-13-8-14-20-32/h6-23,25,36H,24H2,1-5H3/b22-21+,26-23+. The fraction of sp³-hybridized carbons (Fsp3) is 0.176. The summed E-state index contributed by atoms with van der Waals surface area (Å²) in [6, 6.07) is 35.5. The van der Waals surface area contributed by atoms with Gasteiger partial charge in [0.15, 0.2) is 0 Å². The molecule has 4 rings (SSSR count). The van der Waals surface area contributed by atoms with E-state index in [9.17, 15) is 0 Å². The first-order chi connectivity index (χ1) is 17.5. The summed E-state index contributed by atoms with van der Waals surface area (Å²) >= 11 is 0. The van der Waals surface area contributed by atoms with Crippen LogP contribution in [0, 0.1) is 20.8 Å². The van der Waals surface area contributed by atoms with E-state index in [1.54, 1.807) is 7.11 Å². The number of aryl methyl sites for hydroxylation is 1. The third-order valence-electron chi connectivity index (χ3n) is 7.37. The maximum absolute atomic E-state index is 5.56. The molecule has 0 aliphatic carbocycles. The van der Waals surface area contributed by atoms with Gasteiger partial charge in [0.25, 0.3) is 0 Å². The van der Waals surface area contributed by atoms with Crippen LogP contribution in [0.4, 0.5) is 0 Å². The van der Waals surface area contributed by atoms with E-state index in [1.807, 2.05) is 0 Å². The van der Waals surface area contributed by atoms with Gasteiger partial charge in [-0.05, 0) is 0 Å². The van der Waals surface area contributed by atoms with E-state index >= 15 is 0 Å². The van der Waals surface area contributed by atoms with Crippen LogP contribution in [0.25, 0.3) is 6.08 Å². The van der Waals surface area contributed by atoms with Crippen molar-refractivity contribution in [2.45, 2.75) is 27.7 Å². The first-order valence-corrected chi connectivity index (χ1v) is 14.8. The molecule has 0 amide bonds. The average molecular weight is 493 g/mol. The molecule has 0 aliphatic rings. The molecule has 0 bridgehead atoms. The van der Waals surface area contributed by atoms with E-state index in [4.69, 9.17) is 4.74 Å². The molecular formula is C34H37OP. The van der Waals surface area contributed by atoms with Gasteiger partial charge in [-0.25, -0.2) is 0 Å². The Balaban J connectivity index is 1.78. The Bertz CT molecular complexity index is 1260. The Morgan fingerprint density at radius 3 is 1.64 bits per heavy atom. The summed E-state index contributed by atoms with van der Waals surface area (Å²) in [6.07, 6.45) is 7.97. The summed E-state index contributed by atoms with van der Waals surface area (Å²) in [6.45, 7) is 8.69. The summed E-state index contributed by atoms with van der Waals surface area (Å²) in [5.74, 6) is 0.957. The number of hydrogen-bond acceptors (Lipinski definition) is 1.